The number of amides is 2. The minimum atomic E-state index is -1.36. The van der Waals surface area contributed by atoms with Crippen LogP contribution < -0.4 is 4.74 Å². The first kappa shape index (κ1) is 36.7. The lowest BCUT2D eigenvalue weighted by Crippen LogP contribution is -2.55. The monoisotopic (exact) mass is 658 g/mol. The number of ether oxygens (including phenoxy) is 3. The highest BCUT2D eigenvalue weighted by molar-refractivity contribution is 5.94. The lowest BCUT2D eigenvalue weighted by Gasteiger charge is -2.40. The Bertz CT molecular complexity index is 1250. The van der Waals surface area contributed by atoms with E-state index in [0.717, 1.165) is 12.8 Å². The van der Waals surface area contributed by atoms with Gasteiger partial charge in [0.15, 0.2) is 0 Å². The Morgan fingerprint density at radius 1 is 1.04 bits per heavy atom. The van der Waals surface area contributed by atoms with Crippen LogP contribution >= 0.6 is 0 Å². The van der Waals surface area contributed by atoms with Crippen LogP contribution in [0.25, 0.3) is 0 Å². The molecule has 2 aliphatic heterocycles. The average Bonchev–Trinajstić information content (AvgIpc) is 3.06. The number of pyridine rings is 1. The van der Waals surface area contributed by atoms with Crippen LogP contribution in [0.4, 0.5) is 4.39 Å². The van der Waals surface area contributed by atoms with E-state index in [1.807, 2.05) is 23.1 Å². The Morgan fingerprint density at radius 2 is 1.79 bits per heavy atom. The smallest absolute Gasteiger partial charge is 0.256 e. The summed E-state index contributed by atoms with van der Waals surface area (Å²) in [5.41, 5.74) is -0.112. The van der Waals surface area contributed by atoms with Crippen molar-refractivity contribution in [2.75, 3.05) is 59.6 Å². The molecule has 0 radical (unpaired) electrons. The standard InChI is InChI=1S/C35H51FN4O7/c1-25(2)20-26-21-39(35(44)28-10-4-5-11-29(28)36)22-31(45-3)34(43)30(41)24-46-19-9-8-16-40(26)33(42)23-38-17-13-27(14-18-38)47-32-12-6-7-15-37-32/h4-7,10-12,15,25-27,30-31,34,41,43H,8-9,13-14,16-24H2,1-3H3/t26-,30-,31-,34-/m1/s1. The zero-order valence-corrected chi connectivity index (χ0v) is 27.9. The highest BCUT2D eigenvalue weighted by Crippen LogP contribution is 2.22. The molecule has 4 rings (SSSR count). The van der Waals surface area contributed by atoms with Crippen molar-refractivity contribution >= 4 is 11.8 Å². The number of carbonyl (C=O) groups excluding carboxylic acids is 2. The van der Waals surface area contributed by atoms with Crippen LogP contribution in [0.5, 0.6) is 5.88 Å². The maximum absolute atomic E-state index is 14.9. The summed E-state index contributed by atoms with van der Waals surface area (Å²) in [7, 11) is 1.39. The molecule has 2 fully saturated rings. The first-order chi connectivity index (χ1) is 22.7. The number of piperidine rings is 1. The van der Waals surface area contributed by atoms with Gasteiger partial charge in [-0.1, -0.05) is 32.0 Å². The predicted octanol–water partition coefficient (Wildman–Crippen LogP) is 3.00. The van der Waals surface area contributed by atoms with Gasteiger partial charge in [-0.15, -0.1) is 0 Å². The molecule has 4 atom stereocenters. The van der Waals surface area contributed by atoms with E-state index in [-0.39, 0.29) is 55.8 Å². The van der Waals surface area contributed by atoms with Crippen molar-refractivity contribution in [3.05, 3.63) is 60.0 Å². The normalized spacial score (nSPS) is 24.6. The summed E-state index contributed by atoms with van der Waals surface area (Å²) < 4.78 is 32.2. The topological polar surface area (TPSA) is 125 Å². The van der Waals surface area contributed by atoms with Crippen molar-refractivity contribution in [2.24, 2.45) is 5.92 Å². The van der Waals surface area contributed by atoms with Crippen molar-refractivity contribution < 1.29 is 38.4 Å². The predicted molar refractivity (Wildman–Crippen MR) is 174 cm³/mol. The van der Waals surface area contributed by atoms with Gasteiger partial charge in [0.1, 0.15) is 30.2 Å². The van der Waals surface area contributed by atoms with Crippen LogP contribution in [-0.4, -0.2) is 132 Å². The van der Waals surface area contributed by atoms with E-state index in [1.165, 1.54) is 30.2 Å². The van der Waals surface area contributed by atoms with Crippen molar-refractivity contribution in [1.29, 1.82) is 0 Å². The number of likely N-dealkylation sites (tertiary alicyclic amines) is 1. The summed E-state index contributed by atoms with van der Waals surface area (Å²) in [6.45, 7) is 6.46. The Kier molecular flexibility index (Phi) is 14.4. The van der Waals surface area contributed by atoms with E-state index < -0.39 is 30.0 Å². The number of hydrogen-bond acceptors (Lipinski definition) is 9. The summed E-state index contributed by atoms with van der Waals surface area (Å²) in [6.07, 6.45) is 1.60. The minimum absolute atomic E-state index is 0.0279. The molecule has 2 saturated heterocycles. The molecule has 2 aliphatic rings. The van der Waals surface area contributed by atoms with Crippen molar-refractivity contribution in [2.45, 2.75) is 76.4 Å². The lowest BCUT2D eigenvalue weighted by molar-refractivity contribution is -0.136. The number of rotatable bonds is 8. The molecule has 260 valence electrons. The minimum Gasteiger partial charge on any atom is -0.474 e. The van der Waals surface area contributed by atoms with Gasteiger partial charge in [-0.2, -0.15) is 0 Å². The van der Waals surface area contributed by atoms with E-state index in [4.69, 9.17) is 14.2 Å². The molecule has 2 amide bonds. The molecule has 0 aliphatic carbocycles. The van der Waals surface area contributed by atoms with Crippen molar-refractivity contribution in [3.8, 4) is 5.88 Å². The number of methoxy groups -OCH3 is 1. The summed E-state index contributed by atoms with van der Waals surface area (Å²) in [6, 6.07) is 11.0. The summed E-state index contributed by atoms with van der Waals surface area (Å²) in [5, 5.41) is 21.6. The van der Waals surface area contributed by atoms with Crippen LogP contribution in [0.15, 0.2) is 48.7 Å². The van der Waals surface area contributed by atoms with Crippen LogP contribution in [0, 0.1) is 11.7 Å². The second-order valence-corrected chi connectivity index (χ2v) is 12.9. The number of benzene rings is 1. The zero-order valence-electron chi connectivity index (χ0n) is 27.9. The maximum Gasteiger partial charge on any atom is 0.256 e. The molecule has 0 spiro atoms. The summed E-state index contributed by atoms with van der Waals surface area (Å²) in [4.78, 5) is 37.8. The Morgan fingerprint density at radius 3 is 2.47 bits per heavy atom. The van der Waals surface area contributed by atoms with Crippen molar-refractivity contribution in [3.63, 3.8) is 0 Å². The van der Waals surface area contributed by atoms with Gasteiger partial charge in [0.05, 0.1) is 18.7 Å². The molecule has 12 heteroatoms. The van der Waals surface area contributed by atoms with E-state index in [9.17, 15) is 24.2 Å². The fraction of sp³-hybridized carbons (Fsp3) is 0.629. The molecular weight excluding hydrogens is 607 g/mol. The molecule has 47 heavy (non-hydrogen) atoms. The third-order valence-corrected chi connectivity index (χ3v) is 8.85. The molecule has 0 saturated carbocycles. The van der Waals surface area contributed by atoms with Gasteiger partial charge in [-0.3, -0.25) is 14.5 Å². The van der Waals surface area contributed by atoms with Gasteiger partial charge in [0.25, 0.3) is 5.91 Å². The Balaban J connectivity index is 1.56. The van der Waals surface area contributed by atoms with Gasteiger partial charge in [0, 0.05) is 64.7 Å². The SMILES string of the molecule is CO[C@@H]1CN(C(=O)c2ccccc2F)C[C@@H](CC(C)C)N(C(=O)CN2CCC(Oc3ccccn3)CC2)CCCCOC[C@@H](O)[C@H]1O. The molecule has 3 heterocycles. The number of aromatic nitrogens is 1. The van der Waals surface area contributed by atoms with Crippen LogP contribution in [0.1, 0.15) is 56.3 Å². The molecule has 1 aromatic carbocycles. The maximum atomic E-state index is 14.9. The van der Waals surface area contributed by atoms with Crippen LogP contribution in [0.2, 0.25) is 0 Å². The Labute approximate surface area is 277 Å². The molecule has 0 bridgehead atoms. The van der Waals surface area contributed by atoms with Crippen LogP contribution in [-0.2, 0) is 14.3 Å². The van der Waals surface area contributed by atoms with Gasteiger partial charge in [0.2, 0.25) is 11.8 Å². The molecular formula is C35H51FN4O7. The highest BCUT2D eigenvalue weighted by Gasteiger charge is 2.35. The third kappa shape index (κ3) is 10.9. The zero-order chi connectivity index (χ0) is 33.8. The second kappa shape index (κ2) is 18.4. The molecule has 2 N–H and O–H groups in total. The number of halogens is 1. The molecule has 0 unspecified atom stereocenters. The summed E-state index contributed by atoms with van der Waals surface area (Å²) >= 11 is 0. The first-order valence-electron chi connectivity index (χ1n) is 16.8. The number of aliphatic hydroxyl groups excluding tert-OH is 2. The lowest BCUT2D eigenvalue weighted by atomic mass is 9.99. The fourth-order valence-electron chi connectivity index (χ4n) is 6.29. The van der Waals surface area contributed by atoms with E-state index >= 15 is 0 Å². The van der Waals surface area contributed by atoms with Crippen LogP contribution in [0.3, 0.4) is 0 Å². The van der Waals surface area contributed by atoms with Gasteiger partial charge < -0.3 is 34.2 Å². The number of hydrogen-bond donors (Lipinski definition) is 2. The second-order valence-electron chi connectivity index (χ2n) is 12.9. The largest absolute Gasteiger partial charge is 0.474 e. The Hall–Kier alpha value is -3.16. The average molecular weight is 659 g/mol. The van der Waals surface area contributed by atoms with E-state index in [0.29, 0.717) is 51.4 Å². The number of aliphatic hydroxyl groups is 2. The number of carbonyl (C=O) groups is 2. The summed E-state index contributed by atoms with van der Waals surface area (Å²) in [5.74, 6) is -0.492. The van der Waals surface area contributed by atoms with Gasteiger partial charge in [-0.05, 0) is 56.2 Å². The van der Waals surface area contributed by atoms with Gasteiger partial charge in [-0.25, -0.2) is 9.37 Å². The molecule has 1 aromatic heterocycles. The first-order valence-corrected chi connectivity index (χ1v) is 16.8. The number of nitrogens with zero attached hydrogens (tertiary/aromatic N) is 4. The highest BCUT2D eigenvalue weighted by atomic mass is 19.1. The molecule has 2 aromatic rings. The fourth-order valence-corrected chi connectivity index (χ4v) is 6.29. The third-order valence-electron chi connectivity index (χ3n) is 8.85. The molecule has 11 nitrogen and oxygen atoms in total. The van der Waals surface area contributed by atoms with E-state index in [2.05, 4.69) is 23.7 Å². The van der Waals surface area contributed by atoms with Gasteiger partial charge >= 0.3 is 0 Å². The van der Waals surface area contributed by atoms with Crippen molar-refractivity contribution in [1.82, 2.24) is 19.7 Å². The van der Waals surface area contributed by atoms with E-state index in [1.54, 1.807) is 12.3 Å². The quantitative estimate of drug-likeness (QED) is 0.441.